The van der Waals surface area contributed by atoms with Crippen LogP contribution in [-0.4, -0.2) is 35.3 Å². The quantitative estimate of drug-likeness (QED) is 0.805. The zero-order valence-corrected chi connectivity index (χ0v) is 12.8. The van der Waals surface area contributed by atoms with Crippen molar-refractivity contribution < 1.29 is 9.59 Å². The van der Waals surface area contributed by atoms with Gasteiger partial charge >= 0.3 is 0 Å². The molecule has 2 amide bonds. The predicted octanol–water partition coefficient (Wildman–Crippen LogP) is 2.25. The average Bonchev–Trinajstić information content (AvgIpc) is 2.42. The Balaban J connectivity index is 2.20. The van der Waals surface area contributed by atoms with Crippen LogP contribution < -0.4 is 5.32 Å². The molecule has 1 saturated carbocycles. The summed E-state index contributed by atoms with van der Waals surface area (Å²) in [6, 6.07) is -0.664. The number of hydrogen-bond donors (Lipinski definition) is 1. The molecule has 0 aromatic heterocycles. The summed E-state index contributed by atoms with van der Waals surface area (Å²) in [6.07, 6.45) is 7.77. The smallest absolute Gasteiger partial charge is 0.245 e. The topological polar surface area (TPSA) is 49.4 Å². The minimum absolute atomic E-state index is 0.0335. The van der Waals surface area contributed by atoms with E-state index in [1.165, 1.54) is 24.8 Å². The van der Waals surface area contributed by atoms with Crippen molar-refractivity contribution in [2.75, 3.05) is 6.54 Å². The summed E-state index contributed by atoms with van der Waals surface area (Å²) >= 11 is 0. The Morgan fingerprint density at radius 3 is 2.50 bits per heavy atom. The molecule has 0 spiro atoms. The first-order chi connectivity index (χ1) is 9.50. The van der Waals surface area contributed by atoms with Crippen molar-refractivity contribution in [3.8, 4) is 0 Å². The van der Waals surface area contributed by atoms with Gasteiger partial charge in [0.1, 0.15) is 12.1 Å². The zero-order valence-electron chi connectivity index (χ0n) is 12.8. The molecule has 2 aliphatic rings. The molecule has 1 aliphatic carbocycles. The van der Waals surface area contributed by atoms with Crippen LogP contribution in [0.1, 0.15) is 52.9 Å². The summed E-state index contributed by atoms with van der Waals surface area (Å²) in [5.74, 6) is 0.412. The highest BCUT2D eigenvalue weighted by molar-refractivity contribution is 5.97. The van der Waals surface area contributed by atoms with Crippen LogP contribution >= 0.6 is 0 Å². The average molecular weight is 278 g/mol. The summed E-state index contributed by atoms with van der Waals surface area (Å²) in [5, 5.41) is 2.84. The van der Waals surface area contributed by atoms with Gasteiger partial charge in [0.05, 0.1) is 0 Å². The van der Waals surface area contributed by atoms with Crippen molar-refractivity contribution >= 4 is 11.8 Å². The van der Waals surface area contributed by atoms with Crippen LogP contribution in [0.3, 0.4) is 0 Å². The van der Waals surface area contributed by atoms with E-state index in [-0.39, 0.29) is 17.9 Å². The third-order valence-electron chi connectivity index (χ3n) is 4.41. The summed E-state index contributed by atoms with van der Waals surface area (Å²) in [5.41, 5.74) is 1.18. The Kier molecular flexibility index (Phi) is 4.84. The fourth-order valence-electron chi connectivity index (χ4n) is 3.29. The number of nitrogens with zero attached hydrogens (tertiary/aromatic N) is 1. The maximum atomic E-state index is 12.4. The summed E-state index contributed by atoms with van der Waals surface area (Å²) in [7, 11) is 0. The lowest BCUT2D eigenvalue weighted by Crippen LogP contribution is -2.64. The van der Waals surface area contributed by atoms with Crippen LogP contribution in [0.2, 0.25) is 0 Å². The number of carbonyl (C=O) groups is 2. The van der Waals surface area contributed by atoms with Gasteiger partial charge in [-0.3, -0.25) is 9.59 Å². The van der Waals surface area contributed by atoms with Gasteiger partial charge in [-0.15, -0.1) is 0 Å². The Bertz CT molecular complexity index is 407. The van der Waals surface area contributed by atoms with Gasteiger partial charge in [-0.1, -0.05) is 30.9 Å². The molecule has 2 rings (SSSR count). The molecule has 1 N–H and O–H groups in total. The van der Waals surface area contributed by atoms with Crippen molar-refractivity contribution in [3.05, 3.63) is 11.6 Å². The van der Waals surface area contributed by atoms with Crippen molar-refractivity contribution in [1.82, 2.24) is 10.2 Å². The Labute approximate surface area is 121 Å². The lowest BCUT2D eigenvalue weighted by atomic mass is 9.81. The number of piperazine rings is 1. The third-order valence-corrected chi connectivity index (χ3v) is 4.41. The van der Waals surface area contributed by atoms with Gasteiger partial charge in [0.2, 0.25) is 11.8 Å². The first kappa shape index (κ1) is 15.1. The van der Waals surface area contributed by atoms with E-state index in [9.17, 15) is 9.59 Å². The number of hydrogen-bond acceptors (Lipinski definition) is 2. The Hall–Kier alpha value is -1.32. The van der Waals surface area contributed by atoms with E-state index in [0.717, 1.165) is 12.8 Å². The van der Waals surface area contributed by atoms with Crippen LogP contribution in [0.25, 0.3) is 0 Å². The first-order valence-electron chi connectivity index (χ1n) is 7.75. The van der Waals surface area contributed by atoms with Crippen molar-refractivity contribution in [2.24, 2.45) is 5.92 Å². The lowest BCUT2D eigenvalue weighted by Gasteiger charge is -2.42. The third kappa shape index (κ3) is 3.22. The Morgan fingerprint density at radius 2 is 1.90 bits per heavy atom. The standard InChI is InChI=1S/C16H26N2O2/c1-11(2)9-10-18-14(13-7-5-4-6-8-13)15(19)17-12(3)16(18)20/h9,12-14H,4-8,10H2,1-3H3,(H,17,19). The van der Waals surface area contributed by atoms with Gasteiger partial charge in [-0.05, 0) is 39.5 Å². The van der Waals surface area contributed by atoms with Gasteiger partial charge in [0, 0.05) is 6.54 Å². The minimum atomic E-state index is -0.395. The maximum Gasteiger partial charge on any atom is 0.245 e. The lowest BCUT2D eigenvalue weighted by molar-refractivity contribution is -0.150. The van der Waals surface area contributed by atoms with E-state index in [2.05, 4.69) is 5.32 Å². The number of allylic oxidation sites excluding steroid dienone is 1. The number of nitrogens with one attached hydrogen (secondary N) is 1. The van der Waals surface area contributed by atoms with E-state index < -0.39 is 6.04 Å². The molecule has 0 radical (unpaired) electrons. The minimum Gasteiger partial charge on any atom is -0.343 e. The highest BCUT2D eigenvalue weighted by atomic mass is 16.2. The second-order valence-electron chi connectivity index (χ2n) is 6.35. The van der Waals surface area contributed by atoms with Gasteiger partial charge in [-0.25, -0.2) is 0 Å². The summed E-state index contributed by atoms with van der Waals surface area (Å²) in [6.45, 7) is 6.37. The van der Waals surface area contributed by atoms with E-state index in [1.54, 1.807) is 11.8 Å². The molecule has 2 atom stereocenters. The van der Waals surface area contributed by atoms with Gasteiger partial charge in [0.15, 0.2) is 0 Å². The zero-order chi connectivity index (χ0) is 14.7. The van der Waals surface area contributed by atoms with Gasteiger partial charge in [-0.2, -0.15) is 0 Å². The molecular weight excluding hydrogens is 252 g/mol. The molecule has 1 heterocycles. The van der Waals surface area contributed by atoms with Gasteiger partial charge in [0.25, 0.3) is 0 Å². The van der Waals surface area contributed by atoms with Crippen LogP contribution in [0, 0.1) is 5.92 Å². The van der Waals surface area contributed by atoms with Crippen molar-refractivity contribution in [2.45, 2.75) is 65.0 Å². The molecule has 1 saturated heterocycles. The molecule has 20 heavy (non-hydrogen) atoms. The maximum absolute atomic E-state index is 12.4. The molecule has 112 valence electrons. The molecule has 0 aromatic carbocycles. The highest BCUT2D eigenvalue weighted by Crippen LogP contribution is 2.31. The molecular formula is C16H26N2O2. The number of carbonyl (C=O) groups excluding carboxylic acids is 2. The fraction of sp³-hybridized carbons (Fsp3) is 0.750. The van der Waals surface area contributed by atoms with Crippen LogP contribution in [0.5, 0.6) is 0 Å². The molecule has 0 bridgehead atoms. The van der Waals surface area contributed by atoms with Crippen molar-refractivity contribution in [1.29, 1.82) is 0 Å². The number of amides is 2. The summed E-state index contributed by atoms with van der Waals surface area (Å²) in [4.78, 5) is 26.6. The van der Waals surface area contributed by atoms with E-state index in [0.29, 0.717) is 12.5 Å². The first-order valence-corrected chi connectivity index (χ1v) is 7.75. The molecule has 0 aromatic rings. The van der Waals surface area contributed by atoms with Crippen LogP contribution in [0.15, 0.2) is 11.6 Å². The largest absolute Gasteiger partial charge is 0.343 e. The predicted molar refractivity (Wildman–Crippen MR) is 79.1 cm³/mol. The van der Waals surface area contributed by atoms with E-state index >= 15 is 0 Å². The second-order valence-corrected chi connectivity index (χ2v) is 6.35. The molecule has 4 heteroatoms. The van der Waals surface area contributed by atoms with E-state index in [1.807, 2.05) is 19.9 Å². The summed E-state index contributed by atoms with van der Waals surface area (Å²) < 4.78 is 0. The normalized spacial score (nSPS) is 28.2. The fourth-order valence-corrected chi connectivity index (χ4v) is 3.29. The van der Waals surface area contributed by atoms with Crippen LogP contribution in [0.4, 0.5) is 0 Å². The monoisotopic (exact) mass is 278 g/mol. The Morgan fingerprint density at radius 1 is 1.25 bits per heavy atom. The second kappa shape index (κ2) is 6.42. The van der Waals surface area contributed by atoms with Crippen molar-refractivity contribution in [3.63, 3.8) is 0 Å². The van der Waals surface area contributed by atoms with E-state index in [4.69, 9.17) is 0 Å². The van der Waals surface area contributed by atoms with Crippen LogP contribution in [-0.2, 0) is 9.59 Å². The molecule has 2 fully saturated rings. The highest BCUT2D eigenvalue weighted by Gasteiger charge is 2.42. The molecule has 4 nitrogen and oxygen atoms in total. The number of rotatable bonds is 3. The SMILES string of the molecule is CC(C)=CCN1C(=O)C(C)NC(=O)C1C1CCCCC1. The molecule has 1 aliphatic heterocycles. The molecule has 2 unspecified atom stereocenters. The van der Waals surface area contributed by atoms with Gasteiger partial charge < -0.3 is 10.2 Å².